The third kappa shape index (κ3) is 5.81. The summed E-state index contributed by atoms with van der Waals surface area (Å²) in [5, 5.41) is 3.39. The van der Waals surface area contributed by atoms with Crippen LogP contribution in [0.2, 0.25) is 0 Å². The van der Waals surface area contributed by atoms with Gasteiger partial charge in [-0.15, -0.1) is 0 Å². The SMILES string of the molecule is CCN(Cc1ccccc1)c1cc(C)nc(NCCCc2ccccc2)n1. The van der Waals surface area contributed by atoms with Crippen molar-refractivity contribution in [3.05, 3.63) is 83.6 Å². The summed E-state index contributed by atoms with van der Waals surface area (Å²) >= 11 is 0. The fraction of sp³-hybridized carbons (Fsp3) is 0.304. The van der Waals surface area contributed by atoms with E-state index in [1.165, 1.54) is 11.1 Å². The van der Waals surface area contributed by atoms with Gasteiger partial charge >= 0.3 is 0 Å². The Morgan fingerprint density at radius 2 is 1.56 bits per heavy atom. The summed E-state index contributed by atoms with van der Waals surface area (Å²) in [6, 6.07) is 23.1. The van der Waals surface area contributed by atoms with Crippen molar-refractivity contribution >= 4 is 11.8 Å². The van der Waals surface area contributed by atoms with Gasteiger partial charge in [0, 0.05) is 31.4 Å². The van der Waals surface area contributed by atoms with Gasteiger partial charge in [-0.3, -0.25) is 0 Å². The molecule has 0 saturated carbocycles. The van der Waals surface area contributed by atoms with Crippen molar-refractivity contribution in [3.63, 3.8) is 0 Å². The first-order chi connectivity index (χ1) is 13.2. The van der Waals surface area contributed by atoms with Crippen LogP contribution in [0.1, 0.15) is 30.2 Å². The second kappa shape index (κ2) is 9.72. The predicted octanol–water partition coefficient (Wildman–Crippen LogP) is 4.86. The molecule has 1 heterocycles. The number of hydrogen-bond acceptors (Lipinski definition) is 4. The van der Waals surface area contributed by atoms with Gasteiger partial charge in [0.2, 0.25) is 5.95 Å². The van der Waals surface area contributed by atoms with E-state index in [-0.39, 0.29) is 0 Å². The van der Waals surface area contributed by atoms with Gasteiger partial charge in [-0.1, -0.05) is 60.7 Å². The highest BCUT2D eigenvalue weighted by Gasteiger charge is 2.10. The van der Waals surface area contributed by atoms with Crippen LogP contribution in [0, 0.1) is 6.92 Å². The Hall–Kier alpha value is -2.88. The summed E-state index contributed by atoms with van der Waals surface area (Å²) in [5.41, 5.74) is 3.63. The molecule has 0 fully saturated rings. The Morgan fingerprint density at radius 1 is 0.889 bits per heavy atom. The first kappa shape index (κ1) is 18.9. The van der Waals surface area contributed by atoms with E-state index < -0.39 is 0 Å². The maximum atomic E-state index is 4.75. The Kier molecular flexibility index (Phi) is 6.80. The van der Waals surface area contributed by atoms with Crippen LogP contribution in [0.5, 0.6) is 0 Å². The summed E-state index contributed by atoms with van der Waals surface area (Å²) in [6.45, 7) is 6.80. The van der Waals surface area contributed by atoms with Crippen LogP contribution < -0.4 is 10.2 Å². The van der Waals surface area contributed by atoms with Crippen LogP contribution in [-0.2, 0) is 13.0 Å². The number of hydrogen-bond donors (Lipinski definition) is 1. The van der Waals surface area contributed by atoms with E-state index in [4.69, 9.17) is 4.98 Å². The number of aryl methyl sites for hydroxylation is 2. The van der Waals surface area contributed by atoms with E-state index in [1.54, 1.807) is 0 Å². The molecule has 4 heteroatoms. The first-order valence-corrected chi connectivity index (χ1v) is 9.67. The maximum absolute atomic E-state index is 4.75. The molecule has 2 aromatic carbocycles. The van der Waals surface area contributed by atoms with Crippen LogP contribution >= 0.6 is 0 Å². The molecule has 0 saturated heterocycles. The number of aromatic nitrogens is 2. The summed E-state index contributed by atoms with van der Waals surface area (Å²) in [6.07, 6.45) is 2.11. The molecule has 1 aromatic heterocycles. The molecule has 27 heavy (non-hydrogen) atoms. The number of nitrogens with one attached hydrogen (secondary N) is 1. The zero-order valence-corrected chi connectivity index (χ0v) is 16.2. The summed E-state index contributed by atoms with van der Waals surface area (Å²) in [4.78, 5) is 11.6. The molecule has 0 bridgehead atoms. The molecule has 1 N–H and O–H groups in total. The molecule has 0 aliphatic heterocycles. The van der Waals surface area contributed by atoms with Gasteiger partial charge in [-0.25, -0.2) is 4.98 Å². The molecule has 3 rings (SSSR count). The smallest absolute Gasteiger partial charge is 0.224 e. The van der Waals surface area contributed by atoms with Crippen molar-refractivity contribution in [3.8, 4) is 0 Å². The zero-order valence-electron chi connectivity index (χ0n) is 16.2. The van der Waals surface area contributed by atoms with Gasteiger partial charge in [0.1, 0.15) is 5.82 Å². The molecule has 4 nitrogen and oxygen atoms in total. The van der Waals surface area contributed by atoms with Gasteiger partial charge < -0.3 is 10.2 Å². The molecule has 0 amide bonds. The lowest BCUT2D eigenvalue weighted by Crippen LogP contribution is -2.24. The first-order valence-electron chi connectivity index (χ1n) is 9.67. The van der Waals surface area contributed by atoms with E-state index >= 15 is 0 Å². The molecule has 0 spiro atoms. The highest BCUT2D eigenvalue weighted by molar-refractivity contribution is 5.45. The van der Waals surface area contributed by atoms with Crippen molar-refractivity contribution in [1.82, 2.24) is 9.97 Å². The van der Waals surface area contributed by atoms with E-state index in [9.17, 15) is 0 Å². The van der Waals surface area contributed by atoms with Crippen molar-refractivity contribution in [2.24, 2.45) is 0 Å². The Labute approximate surface area is 162 Å². The number of rotatable bonds is 9. The van der Waals surface area contributed by atoms with Crippen molar-refractivity contribution in [2.75, 3.05) is 23.3 Å². The Balaban J connectivity index is 1.60. The van der Waals surface area contributed by atoms with Gasteiger partial charge in [0.25, 0.3) is 0 Å². The minimum atomic E-state index is 0.713. The Bertz CT molecular complexity index is 818. The topological polar surface area (TPSA) is 41.1 Å². The van der Waals surface area contributed by atoms with Crippen LogP contribution in [0.25, 0.3) is 0 Å². The monoisotopic (exact) mass is 360 g/mol. The zero-order chi connectivity index (χ0) is 18.9. The van der Waals surface area contributed by atoms with Crippen LogP contribution in [-0.4, -0.2) is 23.1 Å². The summed E-state index contributed by atoms with van der Waals surface area (Å²) < 4.78 is 0. The fourth-order valence-corrected chi connectivity index (χ4v) is 3.09. The van der Waals surface area contributed by atoms with E-state index in [2.05, 4.69) is 82.8 Å². The van der Waals surface area contributed by atoms with Crippen molar-refractivity contribution in [2.45, 2.75) is 33.2 Å². The molecule has 0 atom stereocenters. The van der Waals surface area contributed by atoms with E-state index in [0.717, 1.165) is 44.0 Å². The van der Waals surface area contributed by atoms with Gasteiger partial charge in [-0.2, -0.15) is 4.98 Å². The lowest BCUT2D eigenvalue weighted by atomic mass is 10.1. The molecule has 0 unspecified atom stereocenters. The van der Waals surface area contributed by atoms with Gasteiger partial charge in [-0.05, 0) is 37.8 Å². The largest absolute Gasteiger partial charge is 0.354 e. The molecule has 0 aliphatic carbocycles. The number of anilines is 2. The van der Waals surface area contributed by atoms with Gasteiger partial charge in [0.15, 0.2) is 0 Å². The van der Waals surface area contributed by atoms with E-state index in [0.29, 0.717) is 5.95 Å². The molecule has 140 valence electrons. The fourth-order valence-electron chi connectivity index (χ4n) is 3.09. The van der Waals surface area contributed by atoms with E-state index in [1.807, 2.05) is 13.0 Å². The molecular formula is C23H28N4. The van der Waals surface area contributed by atoms with Crippen LogP contribution in [0.4, 0.5) is 11.8 Å². The third-order valence-corrected chi connectivity index (χ3v) is 4.53. The third-order valence-electron chi connectivity index (χ3n) is 4.53. The lowest BCUT2D eigenvalue weighted by Gasteiger charge is -2.23. The number of nitrogens with zero attached hydrogens (tertiary/aromatic N) is 3. The summed E-state index contributed by atoms with van der Waals surface area (Å²) in [5.74, 6) is 1.68. The summed E-state index contributed by atoms with van der Waals surface area (Å²) in [7, 11) is 0. The Morgan fingerprint density at radius 3 is 2.22 bits per heavy atom. The standard InChI is InChI=1S/C23H28N4/c1-3-27(18-21-13-8-5-9-14-21)22-17-19(2)25-23(26-22)24-16-10-15-20-11-6-4-7-12-20/h4-9,11-14,17H,3,10,15-16,18H2,1-2H3,(H,24,25,26). The molecule has 0 radical (unpaired) electrons. The second-order valence-corrected chi connectivity index (χ2v) is 6.71. The highest BCUT2D eigenvalue weighted by atomic mass is 15.2. The number of benzene rings is 2. The predicted molar refractivity (Wildman–Crippen MR) is 113 cm³/mol. The van der Waals surface area contributed by atoms with Gasteiger partial charge in [0.05, 0.1) is 0 Å². The second-order valence-electron chi connectivity index (χ2n) is 6.71. The molecular weight excluding hydrogens is 332 g/mol. The average Bonchev–Trinajstić information content (AvgIpc) is 2.70. The normalized spacial score (nSPS) is 10.6. The minimum Gasteiger partial charge on any atom is -0.354 e. The maximum Gasteiger partial charge on any atom is 0.224 e. The quantitative estimate of drug-likeness (QED) is 0.554. The lowest BCUT2D eigenvalue weighted by molar-refractivity contribution is 0.803. The molecule has 0 aliphatic rings. The average molecular weight is 361 g/mol. The minimum absolute atomic E-state index is 0.713. The van der Waals surface area contributed by atoms with Crippen molar-refractivity contribution in [1.29, 1.82) is 0 Å². The molecule has 3 aromatic rings. The van der Waals surface area contributed by atoms with Crippen molar-refractivity contribution < 1.29 is 0 Å². The highest BCUT2D eigenvalue weighted by Crippen LogP contribution is 2.17. The van der Waals surface area contributed by atoms with Crippen LogP contribution in [0.3, 0.4) is 0 Å². The van der Waals surface area contributed by atoms with Crippen LogP contribution in [0.15, 0.2) is 66.7 Å².